The Bertz CT molecular complexity index is 539. The zero-order valence-corrected chi connectivity index (χ0v) is 11.3. The normalized spacial score (nSPS) is 11.5. The number of nitrogens with two attached hydrogens (primary N) is 1. The summed E-state index contributed by atoms with van der Waals surface area (Å²) < 4.78 is 0. The van der Waals surface area contributed by atoms with E-state index >= 15 is 0 Å². The summed E-state index contributed by atoms with van der Waals surface area (Å²) in [5.41, 5.74) is 6.16. The minimum Gasteiger partial charge on any atom is -0.382 e. The number of hydrogen-bond donors (Lipinski definition) is 3. The molecule has 2 rings (SSSR count). The van der Waals surface area contributed by atoms with E-state index in [0.717, 1.165) is 5.01 Å². The maximum absolute atomic E-state index is 12.2. The third-order valence-corrected chi connectivity index (χ3v) is 3.69. The van der Waals surface area contributed by atoms with E-state index in [0.29, 0.717) is 11.3 Å². The van der Waals surface area contributed by atoms with Gasteiger partial charge in [0.2, 0.25) is 0 Å². The maximum Gasteiger partial charge on any atom is 0.257 e. The van der Waals surface area contributed by atoms with Crippen molar-refractivity contribution >= 4 is 23.1 Å². The number of H-pyrrole nitrogens is 1. The first-order valence-electron chi connectivity index (χ1n) is 5.44. The average molecular weight is 265 g/mol. The molecule has 2 aromatic rings. The molecule has 2 heterocycles. The second-order valence-corrected chi connectivity index (χ2v) is 5.42. The SMILES string of the molecule is Cc1[nH]nc(N)c1C(=O)NC(C)(C)c1nccs1. The van der Waals surface area contributed by atoms with Crippen molar-refractivity contribution in [3.63, 3.8) is 0 Å². The first kappa shape index (κ1) is 12.6. The van der Waals surface area contributed by atoms with E-state index in [1.54, 1.807) is 13.1 Å². The number of nitrogens with one attached hydrogen (secondary N) is 2. The highest BCUT2D eigenvalue weighted by atomic mass is 32.1. The number of hydrogen-bond acceptors (Lipinski definition) is 5. The van der Waals surface area contributed by atoms with Gasteiger partial charge in [-0.05, 0) is 20.8 Å². The van der Waals surface area contributed by atoms with Gasteiger partial charge in [-0.25, -0.2) is 4.98 Å². The predicted molar refractivity (Wildman–Crippen MR) is 70.3 cm³/mol. The van der Waals surface area contributed by atoms with Gasteiger partial charge in [0.1, 0.15) is 10.6 Å². The number of amides is 1. The Morgan fingerprint density at radius 1 is 1.56 bits per heavy atom. The molecule has 0 spiro atoms. The van der Waals surface area contributed by atoms with Gasteiger partial charge in [-0.15, -0.1) is 11.3 Å². The van der Waals surface area contributed by atoms with Crippen LogP contribution in [0.5, 0.6) is 0 Å². The van der Waals surface area contributed by atoms with Crippen LogP contribution in [0.2, 0.25) is 0 Å². The molecule has 0 bridgehead atoms. The Balaban J connectivity index is 2.22. The number of anilines is 1. The van der Waals surface area contributed by atoms with Crippen LogP contribution in [-0.4, -0.2) is 21.1 Å². The van der Waals surface area contributed by atoms with Crippen molar-refractivity contribution in [1.82, 2.24) is 20.5 Å². The van der Waals surface area contributed by atoms with Crippen LogP contribution in [0, 0.1) is 6.92 Å². The summed E-state index contributed by atoms with van der Waals surface area (Å²) in [7, 11) is 0. The first-order chi connectivity index (χ1) is 8.42. The van der Waals surface area contributed by atoms with Crippen molar-refractivity contribution in [2.75, 3.05) is 5.73 Å². The third kappa shape index (κ3) is 2.21. The molecule has 6 nitrogen and oxygen atoms in total. The van der Waals surface area contributed by atoms with Gasteiger partial charge < -0.3 is 11.1 Å². The summed E-state index contributed by atoms with van der Waals surface area (Å²) in [4.78, 5) is 16.4. The number of thiazole rings is 1. The smallest absolute Gasteiger partial charge is 0.257 e. The molecule has 0 aliphatic rings. The molecular weight excluding hydrogens is 250 g/mol. The number of aromatic nitrogens is 3. The van der Waals surface area contributed by atoms with E-state index in [1.807, 2.05) is 19.2 Å². The van der Waals surface area contributed by atoms with E-state index in [2.05, 4.69) is 20.5 Å². The summed E-state index contributed by atoms with van der Waals surface area (Å²) in [5.74, 6) is -0.0427. The number of rotatable bonds is 3. The topological polar surface area (TPSA) is 96.7 Å². The zero-order valence-electron chi connectivity index (χ0n) is 10.4. The quantitative estimate of drug-likeness (QED) is 0.782. The largest absolute Gasteiger partial charge is 0.382 e. The fourth-order valence-corrected chi connectivity index (χ4v) is 2.38. The predicted octanol–water partition coefficient (Wildman–Crippen LogP) is 1.42. The molecule has 18 heavy (non-hydrogen) atoms. The average Bonchev–Trinajstić information content (AvgIpc) is 2.88. The van der Waals surface area contributed by atoms with Crippen LogP contribution in [0.25, 0.3) is 0 Å². The Morgan fingerprint density at radius 3 is 2.78 bits per heavy atom. The number of aryl methyl sites for hydroxylation is 1. The molecule has 7 heteroatoms. The lowest BCUT2D eigenvalue weighted by Crippen LogP contribution is -2.41. The van der Waals surface area contributed by atoms with E-state index in [1.165, 1.54) is 11.3 Å². The summed E-state index contributed by atoms with van der Waals surface area (Å²) in [6, 6.07) is 0. The third-order valence-electron chi connectivity index (χ3n) is 2.60. The maximum atomic E-state index is 12.2. The summed E-state index contributed by atoms with van der Waals surface area (Å²) in [6.07, 6.45) is 1.71. The van der Waals surface area contributed by atoms with Crippen molar-refractivity contribution in [2.45, 2.75) is 26.3 Å². The van der Waals surface area contributed by atoms with Crippen molar-refractivity contribution in [1.29, 1.82) is 0 Å². The minimum absolute atomic E-state index is 0.208. The van der Waals surface area contributed by atoms with E-state index < -0.39 is 5.54 Å². The Morgan fingerprint density at radius 2 is 2.28 bits per heavy atom. The molecule has 0 saturated carbocycles. The molecule has 0 atom stereocenters. The number of nitrogens with zero attached hydrogens (tertiary/aromatic N) is 2. The summed E-state index contributed by atoms with van der Waals surface area (Å²) >= 11 is 1.50. The zero-order chi connectivity index (χ0) is 13.3. The van der Waals surface area contributed by atoms with E-state index in [4.69, 9.17) is 5.73 Å². The number of carbonyl (C=O) groups is 1. The van der Waals surface area contributed by atoms with Crippen molar-refractivity contribution in [3.05, 3.63) is 27.8 Å². The molecule has 0 aromatic carbocycles. The van der Waals surface area contributed by atoms with Gasteiger partial charge in [0, 0.05) is 17.3 Å². The highest BCUT2D eigenvalue weighted by Crippen LogP contribution is 2.23. The lowest BCUT2D eigenvalue weighted by Gasteiger charge is -2.23. The highest BCUT2D eigenvalue weighted by Gasteiger charge is 2.28. The second kappa shape index (κ2) is 4.41. The molecule has 0 aliphatic carbocycles. The Labute approximate surface area is 109 Å². The number of carbonyl (C=O) groups excluding carboxylic acids is 1. The van der Waals surface area contributed by atoms with Crippen LogP contribution >= 0.6 is 11.3 Å². The van der Waals surface area contributed by atoms with Gasteiger partial charge in [0.25, 0.3) is 5.91 Å². The first-order valence-corrected chi connectivity index (χ1v) is 6.32. The fourth-order valence-electron chi connectivity index (χ4n) is 1.67. The molecule has 0 radical (unpaired) electrons. The molecule has 0 aliphatic heterocycles. The summed E-state index contributed by atoms with van der Waals surface area (Å²) in [5, 5.41) is 12.1. The molecule has 0 fully saturated rings. The number of nitrogen functional groups attached to an aromatic ring is 1. The molecule has 4 N–H and O–H groups in total. The van der Waals surface area contributed by atoms with E-state index in [9.17, 15) is 4.79 Å². The van der Waals surface area contributed by atoms with Crippen LogP contribution in [0.1, 0.15) is 34.9 Å². The molecule has 1 amide bonds. The van der Waals surface area contributed by atoms with Crippen molar-refractivity contribution in [3.8, 4) is 0 Å². The van der Waals surface area contributed by atoms with Crippen LogP contribution in [0.15, 0.2) is 11.6 Å². The Hall–Kier alpha value is -1.89. The van der Waals surface area contributed by atoms with Crippen molar-refractivity contribution < 1.29 is 4.79 Å². The molecular formula is C11H15N5OS. The van der Waals surface area contributed by atoms with Gasteiger partial charge in [0.15, 0.2) is 5.82 Å². The van der Waals surface area contributed by atoms with Gasteiger partial charge in [0.05, 0.1) is 5.54 Å². The standard InChI is InChI=1S/C11H15N5OS/c1-6-7(8(12)16-15-6)9(17)14-11(2,3)10-13-4-5-18-10/h4-5H,1-3H3,(H,14,17)(H3,12,15,16). The summed E-state index contributed by atoms with van der Waals surface area (Å²) in [6.45, 7) is 5.55. The van der Waals surface area contributed by atoms with Crippen molar-refractivity contribution in [2.24, 2.45) is 0 Å². The van der Waals surface area contributed by atoms with Gasteiger partial charge in [-0.1, -0.05) is 0 Å². The highest BCUT2D eigenvalue weighted by molar-refractivity contribution is 7.09. The molecule has 0 unspecified atom stereocenters. The lowest BCUT2D eigenvalue weighted by atomic mass is 10.1. The minimum atomic E-state index is -0.540. The van der Waals surface area contributed by atoms with Gasteiger partial charge >= 0.3 is 0 Å². The fraction of sp³-hybridized carbons (Fsp3) is 0.364. The molecule has 96 valence electrons. The van der Waals surface area contributed by atoms with Crippen LogP contribution in [0.4, 0.5) is 5.82 Å². The van der Waals surface area contributed by atoms with Crippen LogP contribution in [-0.2, 0) is 5.54 Å². The van der Waals surface area contributed by atoms with Crippen LogP contribution < -0.4 is 11.1 Å². The lowest BCUT2D eigenvalue weighted by molar-refractivity contribution is 0.0912. The monoisotopic (exact) mass is 265 g/mol. The van der Waals surface area contributed by atoms with Gasteiger partial charge in [-0.3, -0.25) is 9.89 Å². The second-order valence-electron chi connectivity index (χ2n) is 4.53. The van der Waals surface area contributed by atoms with Gasteiger partial charge in [-0.2, -0.15) is 5.10 Å². The van der Waals surface area contributed by atoms with E-state index in [-0.39, 0.29) is 11.7 Å². The van der Waals surface area contributed by atoms with Crippen LogP contribution in [0.3, 0.4) is 0 Å². The molecule has 0 saturated heterocycles. The number of aromatic amines is 1. The molecule has 2 aromatic heterocycles. The Kier molecular flexibility index (Phi) is 3.08.